The molecule has 1 rings (SSSR count). The van der Waals surface area contributed by atoms with E-state index in [1.54, 1.807) is 7.11 Å². The van der Waals surface area contributed by atoms with Crippen molar-refractivity contribution in [2.24, 2.45) is 0 Å². The topological polar surface area (TPSA) is 41.6 Å². The molecule has 0 aromatic rings. The number of carbonyl (C=O) groups excluding carboxylic acids is 1. The van der Waals surface area contributed by atoms with Gasteiger partial charge in [0.15, 0.2) is 0 Å². The molecule has 0 bridgehead atoms. The van der Waals surface area contributed by atoms with Crippen LogP contribution >= 0.6 is 0 Å². The predicted octanol–water partition coefficient (Wildman–Crippen LogP) is 1.22. The molecule has 0 radical (unpaired) electrons. The van der Waals surface area contributed by atoms with E-state index in [-0.39, 0.29) is 12.1 Å². The number of likely N-dealkylation sites (tertiary alicyclic amines) is 1. The molecule has 0 spiro atoms. The van der Waals surface area contributed by atoms with Gasteiger partial charge in [0.25, 0.3) is 0 Å². The minimum Gasteiger partial charge on any atom is -0.380 e. The second-order valence-corrected chi connectivity index (χ2v) is 3.78. The number of urea groups is 1. The Kier molecular flexibility index (Phi) is 4.73. The Hall–Kier alpha value is -0.770. The molecular weight excluding hydrogens is 180 g/mol. The molecule has 0 aliphatic carbocycles. The number of nitrogens with one attached hydrogen (secondary N) is 1. The Bertz CT molecular complexity index is 179. The van der Waals surface area contributed by atoms with Crippen LogP contribution in [-0.4, -0.2) is 43.8 Å². The summed E-state index contributed by atoms with van der Waals surface area (Å²) in [6, 6.07) is 0.0496. The summed E-state index contributed by atoms with van der Waals surface area (Å²) < 4.78 is 5.05. The fraction of sp³-hybridized carbons (Fsp3) is 0.900. The zero-order valence-corrected chi connectivity index (χ0v) is 9.08. The van der Waals surface area contributed by atoms with Gasteiger partial charge in [-0.3, -0.25) is 0 Å². The van der Waals surface area contributed by atoms with Crippen molar-refractivity contribution in [2.75, 3.05) is 26.7 Å². The Balaban J connectivity index is 2.19. The van der Waals surface area contributed by atoms with E-state index >= 15 is 0 Å². The van der Waals surface area contributed by atoms with E-state index in [0.717, 1.165) is 25.9 Å². The fourth-order valence-electron chi connectivity index (χ4n) is 1.52. The van der Waals surface area contributed by atoms with Crippen molar-refractivity contribution in [2.45, 2.75) is 32.3 Å². The Labute approximate surface area is 85.6 Å². The lowest BCUT2D eigenvalue weighted by molar-refractivity contribution is 0.114. The van der Waals surface area contributed by atoms with Crippen LogP contribution in [0.15, 0.2) is 0 Å². The van der Waals surface area contributed by atoms with Crippen LogP contribution in [0.2, 0.25) is 0 Å². The van der Waals surface area contributed by atoms with Crippen molar-refractivity contribution >= 4 is 6.03 Å². The molecule has 14 heavy (non-hydrogen) atoms. The highest BCUT2D eigenvalue weighted by Crippen LogP contribution is 2.08. The number of hydrogen-bond acceptors (Lipinski definition) is 2. The summed E-state index contributed by atoms with van der Waals surface area (Å²) in [7, 11) is 1.65. The highest BCUT2D eigenvalue weighted by Gasteiger charge is 2.16. The van der Waals surface area contributed by atoms with E-state index in [2.05, 4.69) is 5.32 Å². The van der Waals surface area contributed by atoms with Gasteiger partial charge < -0.3 is 15.0 Å². The van der Waals surface area contributed by atoms with Crippen LogP contribution in [0, 0.1) is 0 Å². The zero-order valence-electron chi connectivity index (χ0n) is 9.08. The summed E-state index contributed by atoms with van der Waals surface area (Å²) in [5.74, 6) is 0. The molecule has 1 fully saturated rings. The number of methoxy groups -OCH3 is 1. The number of carbonyl (C=O) groups is 1. The zero-order chi connectivity index (χ0) is 10.4. The average Bonchev–Trinajstić information content (AvgIpc) is 2.26. The van der Waals surface area contributed by atoms with Crippen LogP contribution in [0.3, 0.4) is 0 Å². The standard InChI is InChI=1S/C10H20N2O2/c1-9(14-2)8-11-10(13)12-6-4-3-5-7-12/h9H,3-8H2,1-2H3,(H,11,13). The average molecular weight is 200 g/mol. The van der Waals surface area contributed by atoms with Gasteiger partial charge in [-0.15, -0.1) is 0 Å². The summed E-state index contributed by atoms with van der Waals surface area (Å²) in [6.07, 6.45) is 3.60. The molecule has 1 aliphatic heterocycles. The molecule has 1 heterocycles. The van der Waals surface area contributed by atoms with Gasteiger partial charge in [-0.2, -0.15) is 0 Å². The third-order valence-electron chi connectivity index (χ3n) is 2.59. The maximum Gasteiger partial charge on any atom is 0.317 e. The van der Waals surface area contributed by atoms with E-state index in [1.165, 1.54) is 6.42 Å². The van der Waals surface area contributed by atoms with Gasteiger partial charge in [0.05, 0.1) is 6.10 Å². The molecule has 1 N–H and O–H groups in total. The van der Waals surface area contributed by atoms with Gasteiger partial charge in [-0.25, -0.2) is 4.79 Å². The first-order chi connectivity index (χ1) is 6.74. The van der Waals surface area contributed by atoms with Gasteiger partial charge in [-0.1, -0.05) is 0 Å². The molecule has 1 atom stereocenters. The maximum absolute atomic E-state index is 11.6. The second-order valence-electron chi connectivity index (χ2n) is 3.78. The normalized spacial score (nSPS) is 19.1. The fourth-order valence-corrected chi connectivity index (χ4v) is 1.52. The first-order valence-electron chi connectivity index (χ1n) is 5.29. The van der Waals surface area contributed by atoms with Gasteiger partial charge in [-0.05, 0) is 26.2 Å². The lowest BCUT2D eigenvalue weighted by atomic mass is 10.1. The lowest BCUT2D eigenvalue weighted by Gasteiger charge is -2.27. The summed E-state index contributed by atoms with van der Waals surface area (Å²) in [5.41, 5.74) is 0. The van der Waals surface area contributed by atoms with Crippen molar-refractivity contribution in [1.82, 2.24) is 10.2 Å². The quantitative estimate of drug-likeness (QED) is 0.744. The smallest absolute Gasteiger partial charge is 0.317 e. The van der Waals surface area contributed by atoms with E-state index in [1.807, 2.05) is 11.8 Å². The van der Waals surface area contributed by atoms with Gasteiger partial charge in [0.1, 0.15) is 0 Å². The molecule has 1 saturated heterocycles. The summed E-state index contributed by atoms with van der Waals surface area (Å²) >= 11 is 0. The van der Waals surface area contributed by atoms with Crippen molar-refractivity contribution < 1.29 is 9.53 Å². The third-order valence-corrected chi connectivity index (χ3v) is 2.59. The predicted molar refractivity (Wildman–Crippen MR) is 55.3 cm³/mol. The summed E-state index contributed by atoms with van der Waals surface area (Å²) in [4.78, 5) is 13.5. The van der Waals surface area contributed by atoms with Crippen molar-refractivity contribution in [3.8, 4) is 0 Å². The first-order valence-corrected chi connectivity index (χ1v) is 5.29. The van der Waals surface area contributed by atoms with Crippen molar-refractivity contribution in [3.05, 3.63) is 0 Å². The molecule has 0 saturated carbocycles. The first kappa shape index (κ1) is 11.3. The summed E-state index contributed by atoms with van der Waals surface area (Å²) in [6.45, 7) is 4.32. The van der Waals surface area contributed by atoms with Crippen LogP contribution in [0.1, 0.15) is 26.2 Å². The molecule has 82 valence electrons. The summed E-state index contributed by atoms with van der Waals surface area (Å²) in [5, 5.41) is 2.87. The third kappa shape index (κ3) is 3.54. The Morgan fingerprint density at radius 3 is 2.64 bits per heavy atom. The van der Waals surface area contributed by atoms with E-state index in [4.69, 9.17) is 4.74 Å². The van der Waals surface area contributed by atoms with Crippen molar-refractivity contribution in [3.63, 3.8) is 0 Å². The monoisotopic (exact) mass is 200 g/mol. The minimum atomic E-state index is 0.0496. The number of piperidine rings is 1. The van der Waals surface area contributed by atoms with Gasteiger partial charge >= 0.3 is 6.03 Å². The van der Waals surface area contributed by atoms with Gasteiger partial charge in [0, 0.05) is 26.7 Å². The molecule has 4 heteroatoms. The number of amides is 2. The molecule has 0 aromatic carbocycles. The minimum absolute atomic E-state index is 0.0496. The van der Waals surface area contributed by atoms with Crippen LogP contribution in [0.4, 0.5) is 4.79 Å². The molecule has 4 nitrogen and oxygen atoms in total. The maximum atomic E-state index is 11.6. The Morgan fingerprint density at radius 1 is 1.43 bits per heavy atom. The van der Waals surface area contributed by atoms with E-state index < -0.39 is 0 Å². The molecule has 1 unspecified atom stereocenters. The van der Waals surface area contributed by atoms with E-state index in [0.29, 0.717) is 6.54 Å². The number of rotatable bonds is 3. The highest BCUT2D eigenvalue weighted by molar-refractivity contribution is 5.74. The number of hydrogen-bond donors (Lipinski definition) is 1. The number of ether oxygens (including phenoxy) is 1. The molecule has 2 amide bonds. The van der Waals surface area contributed by atoms with Crippen molar-refractivity contribution in [1.29, 1.82) is 0 Å². The number of nitrogens with zero attached hydrogens (tertiary/aromatic N) is 1. The molecular formula is C10H20N2O2. The van der Waals surface area contributed by atoms with Crippen LogP contribution in [-0.2, 0) is 4.74 Å². The SMILES string of the molecule is COC(C)CNC(=O)N1CCCCC1. The second kappa shape index (κ2) is 5.86. The largest absolute Gasteiger partial charge is 0.380 e. The molecule has 0 aromatic heterocycles. The van der Waals surface area contributed by atoms with E-state index in [9.17, 15) is 4.79 Å². The van der Waals surface area contributed by atoms with Crippen LogP contribution in [0.25, 0.3) is 0 Å². The highest BCUT2D eigenvalue weighted by atomic mass is 16.5. The van der Waals surface area contributed by atoms with Crippen LogP contribution < -0.4 is 5.32 Å². The van der Waals surface area contributed by atoms with Crippen LogP contribution in [0.5, 0.6) is 0 Å². The Morgan fingerprint density at radius 2 is 2.07 bits per heavy atom. The lowest BCUT2D eigenvalue weighted by Crippen LogP contribution is -2.44. The molecule has 1 aliphatic rings. The van der Waals surface area contributed by atoms with Gasteiger partial charge in [0.2, 0.25) is 0 Å².